The van der Waals surface area contributed by atoms with Gasteiger partial charge in [0.2, 0.25) is 21.1 Å². The Balaban J connectivity index is 1.51. The maximum absolute atomic E-state index is 12.9. The molecule has 0 unspecified atom stereocenters. The molecule has 3 rings (SSSR count). The van der Waals surface area contributed by atoms with Gasteiger partial charge in [-0.15, -0.1) is 10.2 Å². The summed E-state index contributed by atoms with van der Waals surface area (Å²) in [4.78, 5) is 12.0. The van der Waals surface area contributed by atoms with E-state index in [1.165, 1.54) is 11.3 Å². The second-order valence-electron chi connectivity index (χ2n) is 6.52. The largest absolute Gasteiger partial charge is 0.493 e. The number of carbonyl (C=O) groups excluding carboxylic acids is 1. The monoisotopic (exact) mass is 480 g/mol. The van der Waals surface area contributed by atoms with Crippen molar-refractivity contribution >= 4 is 32.4 Å². The molecule has 2 aromatic carbocycles. The fraction of sp³-hybridized carbons (Fsp3) is 0.250. The number of amides is 1. The van der Waals surface area contributed by atoms with Crippen LogP contribution in [0.5, 0.6) is 11.5 Å². The molecule has 9 nitrogen and oxygen atoms in total. The number of aromatic nitrogens is 2. The van der Waals surface area contributed by atoms with Crippen LogP contribution in [0.15, 0.2) is 47.4 Å². The lowest BCUT2D eigenvalue weighted by atomic mass is 10.1. The first kappa shape index (κ1) is 23.6. The highest BCUT2D eigenvalue weighted by Crippen LogP contribution is 2.29. The number of hydrogen-bond donors (Lipinski definition) is 2. The van der Waals surface area contributed by atoms with Gasteiger partial charge in [0.25, 0.3) is 0 Å². The molecule has 0 aliphatic carbocycles. The maximum Gasteiger partial charge on any atom is 0.240 e. The quantitative estimate of drug-likeness (QED) is 0.458. The molecule has 1 amide bonds. The van der Waals surface area contributed by atoms with E-state index in [0.29, 0.717) is 28.1 Å². The van der Waals surface area contributed by atoms with Gasteiger partial charge in [-0.2, -0.15) is 0 Å². The van der Waals surface area contributed by atoms with E-state index in [4.69, 9.17) is 9.47 Å². The van der Waals surface area contributed by atoms with Gasteiger partial charge in [0.05, 0.1) is 19.1 Å². The van der Waals surface area contributed by atoms with Crippen LogP contribution >= 0.6 is 11.3 Å². The highest BCUT2D eigenvalue weighted by atomic mass is 32.2. The van der Waals surface area contributed by atoms with Crippen molar-refractivity contribution in [3.8, 4) is 11.5 Å². The van der Waals surface area contributed by atoms with Crippen molar-refractivity contribution in [1.82, 2.24) is 14.9 Å². The van der Waals surface area contributed by atoms with Gasteiger partial charge >= 0.3 is 0 Å². The molecule has 0 fully saturated rings. The summed E-state index contributed by atoms with van der Waals surface area (Å²) < 4.78 is 50.0. The molecule has 0 aliphatic rings. The molecule has 1 heterocycles. The summed E-state index contributed by atoms with van der Waals surface area (Å²) in [6.45, 7) is -0.122. The van der Waals surface area contributed by atoms with Crippen molar-refractivity contribution in [2.75, 3.05) is 26.1 Å². The first-order valence-corrected chi connectivity index (χ1v) is 11.7. The number of carbonyl (C=O) groups is 1. The zero-order chi connectivity index (χ0) is 23.1. The number of hydrogen-bond acceptors (Lipinski definition) is 8. The minimum atomic E-state index is -3.83. The van der Waals surface area contributed by atoms with E-state index >= 15 is 0 Å². The lowest BCUT2D eigenvalue weighted by Gasteiger charge is -2.08. The first-order valence-electron chi connectivity index (χ1n) is 9.39. The smallest absolute Gasteiger partial charge is 0.240 e. The molecular weight excluding hydrogens is 459 g/mol. The number of benzene rings is 2. The van der Waals surface area contributed by atoms with Crippen molar-refractivity contribution < 1.29 is 27.1 Å². The van der Waals surface area contributed by atoms with Crippen LogP contribution in [0.1, 0.15) is 17.0 Å². The summed E-state index contributed by atoms with van der Waals surface area (Å²) in [6.07, 6.45) is 0.385. The molecule has 3 aromatic rings. The second kappa shape index (κ2) is 10.5. The predicted octanol–water partition coefficient (Wildman–Crippen LogP) is 2.59. The third-order valence-electron chi connectivity index (χ3n) is 4.28. The fourth-order valence-electron chi connectivity index (χ4n) is 2.72. The average Bonchev–Trinajstić information content (AvgIpc) is 3.20. The zero-order valence-electron chi connectivity index (χ0n) is 17.3. The van der Waals surface area contributed by atoms with E-state index in [1.54, 1.807) is 20.3 Å². The van der Waals surface area contributed by atoms with Crippen LogP contribution in [-0.2, 0) is 21.2 Å². The summed E-state index contributed by atoms with van der Waals surface area (Å²) in [5.41, 5.74) is 0.937. The summed E-state index contributed by atoms with van der Waals surface area (Å²) in [6, 6.07) is 9.93. The number of rotatable bonds is 10. The van der Waals surface area contributed by atoms with Crippen LogP contribution in [0.4, 0.5) is 9.52 Å². The number of anilines is 1. The maximum atomic E-state index is 12.9. The normalized spacial score (nSPS) is 11.2. The number of ether oxygens (including phenoxy) is 2. The van der Waals surface area contributed by atoms with Crippen molar-refractivity contribution in [2.24, 2.45) is 0 Å². The lowest BCUT2D eigenvalue weighted by Crippen LogP contribution is -2.27. The van der Waals surface area contributed by atoms with Gasteiger partial charge in [-0.1, -0.05) is 17.4 Å². The standard InChI is InChI=1S/C20H21FN4O5S2/c1-29-16-8-3-13(11-17(16)30-2)12-19-24-25-20(31-19)23-18(26)9-10-22-32(27,28)15-6-4-14(21)5-7-15/h3-8,11,22H,9-10,12H2,1-2H3,(H,23,25,26). The molecule has 0 bridgehead atoms. The molecule has 0 spiro atoms. The van der Waals surface area contributed by atoms with Crippen molar-refractivity contribution in [2.45, 2.75) is 17.7 Å². The van der Waals surface area contributed by atoms with E-state index in [9.17, 15) is 17.6 Å². The SMILES string of the molecule is COc1ccc(Cc2nnc(NC(=O)CCNS(=O)(=O)c3ccc(F)cc3)s2)cc1OC. The Bertz CT molecular complexity index is 1180. The van der Waals surface area contributed by atoms with Gasteiger partial charge in [-0.25, -0.2) is 17.5 Å². The molecule has 0 saturated heterocycles. The molecule has 1 aromatic heterocycles. The minimum Gasteiger partial charge on any atom is -0.493 e. The van der Waals surface area contributed by atoms with Gasteiger partial charge in [0.1, 0.15) is 10.8 Å². The third kappa shape index (κ3) is 6.22. The minimum absolute atomic E-state index is 0.0803. The van der Waals surface area contributed by atoms with E-state index in [1.807, 2.05) is 12.1 Å². The number of nitrogens with zero attached hydrogens (tertiary/aromatic N) is 2. The highest BCUT2D eigenvalue weighted by Gasteiger charge is 2.15. The zero-order valence-corrected chi connectivity index (χ0v) is 18.9. The Kier molecular flexibility index (Phi) is 7.72. The van der Waals surface area contributed by atoms with Gasteiger partial charge in [0.15, 0.2) is 11.5 Å². The van der Waals surface area contributed by atoms with E-state index in [-0.39, 0.29) is 17.9 Å². The van der Waals surface area contributed by atoms with E-state index in [2.05, 4.69) is 20.2 Å². The number of halogens is 1. The summed E-state index contributed by atoms with van der Waals surface area (Å²) in [5, 5.41) is 11.6. The van der Waals surface area contributed by atoms with Crippen LogP contribution in [0.25, 0.3) is 0 Å². The summed E-state index contributed by atoms with van der Waals surface area (Å²) >= 11 is 1.22. The van der Waals surface area contributed by atoms with Crippen LogP contribution in [0.2, 0.25) is 0 Å². The van der Waals surface area contributed by atoms with Gasteiger partial charge in [-0.3, -0.25) is 4.79 Å². The van der Waals surface area contributed by atoms with Gasteiger partial charge < -0.3 is 14.8 Å². The molecule has 170 valence electrons. The van der Waals surface area contributed by atoms with Crippen molar-refractivity contribution in [1.29, 1.82) is 0 Å². The predicted molar refractivity (Wildman–Crippen MR) is 117 cm³/mol. The van der Waals surface area contributed by atoms with Crippen LogP contribution < -0.4 is 19.5 Å². The Morgan fingerprint density at radius 1 is 1.06 bits per heavy atom. The topological polar surface area (TPSA) is 120 Å². The molecule has 12 heteroatoms. The summed E-state index contributed by atoms with van der Waals surface area (Å²) in [5.74, 6) is 0.272. The highest BCUT2D eigenvalue weighted by molar-refractivity contribution is 7.89. The van der Waals surface area contributed by atoms with Crippen molar-refractivity contribution in [3.63, 3.8) is 0 Å². The van der Waals surface area contributed by atoms with Gasteiger partial charge in [0, 0.05) is 19.4 Å². The van der Waals surface area contributed by atoms with Gasteiger partial charge in [-0.05, 0) is 42.0 Å². The Hall–Kier alpha value is -3.09. The molecule has 32 heavy (non-hydrogen) atoms. The lowest BCUT2D eigenvalue weighted by molar-refractivity contribution is -0.116. The molecule has 0 atom stereocenters. The van der Waals surface area contributed by atoms with Crippen LogP contribution in [0.3, 0.4) is 0 Å². The molecule has 0 saturated carbocycles. The summed E-state index contributed by atoms with van der Waals surface area (Å²) in [7, 11) is -0.712. The first-order chi connectivity index (χ1) is 15.3. The molecule has 0 aliphatic heterocycles. The second-order valence-corrected chi connectivity index (χ2v) is 9.35. The van der Waals surface area contributed by atoms with Crippen molar-refractivity contribution in [3.05, 3.63) is 58.9 Å². The third-order valence-corrected chi connectivity index (χ3v) is 6.60. The number of methoxy groups -OCH3 is 2. The Morgan fingerprint density at radius 2 is 1.78 bits per heavy atom. The molecule has 0 radical (unpaired) electrons. The average molecular weight is 481 g/mol. The van der Waals surface area contributed by atoms with E-state index in [0.717, 1.165) is 29.8 Å². The Labute approximate surface area is 188 Å². The Morgan fingerprint density at radius 3 is 2.47 bits per heavy atom. The van der Waals surface area contributed by atoms with Crippen LogP contribution in [0, 0.1) is 5.82 Å². The number of nitrogens with one attached hydrogen (secondary N) is 2. The fourth-order valence-corrected chi connectivity index (χ4v) is 4.54. The molecular formula is C20H21FN4O5S2. The van der Waals surface area contributed by atoms with Crippen LogP contribution in [-0.4, -0.2) is 45.3 Å². The number of sulfonamides is 1. The molecule has 2 N–H and O–H groups in total. The van der Waals surface area contributed by atoms with E-state index < -0.39 is 21.7 Å².